The van der Waals surface area contributed by atoms with E-state index in [1.54, 1.807) is 0 Å². The van der Waals surface area contributed by atoms with Crippen LogP contribution in [-0.4, -0.2) is 67.6 Å². The van der Waals surface area contributed by atoms with Crippen molar-refractivity contribution in [2.24, 2.45) is 5.73 Å². The van der Waals surface area contributed by atoms with Crippen LogP contribution in [0.2, 0.25) is 0 Å². The van der Waals surface area contributed by atoms with E-state index in [2.05, 4.69) is 50.1 Å². The minimum atomic E-state index is -0.524. The first-order valence-corrected chi connectivity index (χ1v) is 7.69. The molecular formula is C15H32N4O. The van der Waals surface area contributed by atoms with Gasteiger partial charge in [-0.1, -0.05) is 0 Å². The number of nitrogens with two attached hydrogens (primary N) is 1. The third-order valence-electron chi connectivity index (χ3n) is 4.28. The molecule has 0 spiro atoms. The van der Waals surface area contributed by atoms with Crippen LogP contribution in [0, 0.1) is 0 Å². The molecule has 118 valence electrons. The summed E-state index contributed by atoms with van der Waals surface area (Å²) in [6.07, 6.45) is 3.89. The first-order valence-electron chi connectivity index (χ1n) is 7.69. The van der Waals surface area contributed by atoms with Crippen molar-refractivity contribution in [3.8, 4) is 0 Å². The molecule has 1 aliphatic carbocycles. The Hall–Kier alpha value is -0.650. The molecule has 1 rings (SSSR count). The van der Waals surface area contributed by atoms with E-state index in [1.165, 1.54) is 0 Å². The van der Waals surface area contributed by atoms with Crippen LogP contribution in [0.3, 0.4) is 0 Å². The lowest BCUT2D eigenvalue weighted by molar-refractivity contribution is -0.127. The van der Waals surface area contributed by atoms with Crippen molar-refractivity contribution in [3.05, 3.63) is 0 Å². The number of hydrogen-bond acceptors (Lipinski definition) is 4. The zero-order valence-electron chi connectivity index (χ0n) is 13.8. The average molecular weight is 284 g/mol. The van der Waals surface area contributed by atoms with Crippen LogP contribution in [0.1, 0.15) is 39.5 Å². The lowest BCUT2D eigenvalue weighted by Gasteiger charge is -2.43. The van der Waals surface area contributed by atoms with Gasteiger partial charge in [0, 0.05) is 25.2 Å². The van der Waals surface area contributed by atoms with Crippen LogP contribution in [0.5, 0.6) is 0 Å². The summed E-state index contributed by atoms with van der Waals surface area (Å²) in [5, 5.41) is 3.43. The fraction of sp³-hybridized carbons (Fsp3) is 0.933. The van der Waals surface area contributed by atoms with Crippen molar-refractivity contribution >= 4 is 5.91 Å². The van der Waals surface area contributed by atoms with E-state index in [-0.39, 0.29) is 11.9 Å². The largest absolute Gasteiger partial charge is 0.368 e. The summed E-state index contributed by atoms with van der Waals surface area (Å²) in [4.78, 5) is 16.5. The SMILES string of the molecule is CC(C)NC1(C(N)=O)CCCC(N(C)CCN(C)C)C1. The molecule has 5 heteroatoms. The van der Waals surface area contributed by atoms with Crippen LogP contribution in [-0.2, 0) is 4.79 Å². The monoisotopic (exact) mass is 284 g/mol. The number of nitrogens with one attached hydrogen (secondary N) is 1. The van der Waals surface area contributed by atoms with E-state index in [0.717, 1.165) is 38.8 Å². The summed E-state index contributed by atoms with van der Waals surface area (Å²) in [6, 6.07) is 0.704. The van der Waals surface area contributed by atoms with Gasteiger partial charge >= 0.3 is 0 Å². The molecule has 1 fully saturated rings. The molecule has 0 aromatic carbocycles. The van der Waals surface area contributed by atoms with Crippen LogP contribution in [0.4, 0.5) is 0 Å². The second-order valence-corrected chi connectivity index (χ2v) is 6.78. The maximum Gasteiger partial charge on any atom is 0.237 e. The van der Waals surface area contributed by atoms with Gasteiger partial charge in [-0.3, -0.25) is 4.79 Å². The van der Waals surface area contributed by atoms with Crippen molar-refractivity contribution in [2.45, 2.75) is 57.2 Å². The summed E-state index contributed by atoms with van der Waals surface area (Å²) >= 11 is 0. The van der Waals surface area contributed by atoms with E-state index in [9.17, 15) is 4.79 Å². The molecule has 0 bridgehead atoms. The van der Waals surface area contributed by atoms with Gasteiger partial charge in [-0.15, -0.1) is 0 Å². The number of nitrogens with zero attached hydrogens (tertiary/aromatic N) is 2. The molecule has 0 radical (unpaired) electrons. The predicted octanol–water partition coefficient (Wildman–Crippen LogP) is 0.645. The van der Waals surface area contributed by atoms with Crippen molar-refractivity contribution < 1.29 is 4.79 Å². The number of carbonyl (C=O) groups excluding carboxylic acids is 1. The summed E-state index contributed by atoms with van der Waals surface area (Å²) in [5.74, 6) is -0.197. The van der Waals surface area contributed by atoms with Gasteiger partial charge in [0.2, 0.25) is 5.91 Å². The van der Waals surface area contributed by atoms with Gasteiger partial charge in [-0.2, -0.15) is 0 Å². The third kappa shape index (κ3) is 4.72. The van der Waals surface area contributed by atoms with Crippen LogP contribution in [0.25, 0.3) is 0 Å². The number of hydrogen-bond donors (Lipinski definition) is 2. The molecule has 1 saturated carbocycles. The smallest absolute Gasteiger partial charge is 0.237 e. The van der Waals surface area contributed by atoms with Gasteiger partial charge in [0.25, 0.3) is 0 Å². The van der Waals surface area contributed by atoms with Crippen LogP contribution >= 0.6 is 0 Å². The van der Waals surface area contributed by atoms with E-state index in [0.29, 0.717) is 6.04 Å². The Kier molecular flexibility index (Phi) is 6.43. The van der Waals surface area contributed by atoms with E-state index >= 15 is 0 Å². The molecule has 0 saturated heterocycles. The highest BCUT2D eigenvalue weighted by atomic mass is 16.1. The fourth-order valence-corrected chi connectivity index (χ4v) is 3.14. The lowest BCUT2D eigenvalue weighted by atomic mass is 9.77. The van der Waals surface area contributed by atoms with E-state index in [4.69, 9.17) is 5.73 Å². The van der Waals surface area contributed by atoms with Gasteiger partial charge in [-0.25, -0.2) is 0 Å². The molecule has 2 atom stereocenters. The molecule has 0 aromatic heterocycles. The van der Waals surface area contributed by atoms with E-state index in [1.807, 2.05) is 0 Å². The molecule has 3 N–H and O–H groups in total. The Balaban J connectivity index is 2.69. The lowest BCUT2D eigenvalue weighted by Crippen LogP contribution is -2.62. The van der Waals surface area contributed by atoms with Gasteiger partial charge in [0.1, 0.15) is 0 Å². The highest BCUT2D eigenvalue weighted by Crippen LogP contribution is 2.31. The zero-order valence-corrected chi connectivity index (χ0v) is 13.8. The number of rotatable bonds is 7. The molecule has 0 aliphatic heterocycles. The molecule has 0 heterocycles. The number of amides is 1. The van der Waals surface area contributed by atoms with Crippen molar-refractivity contribution in [2.75, 3.05) is 34.2 Å². The summed E-state index contributed by atoms with van der Waals surface area (Å²) in [5.41, 5.74) is 5.18. The molecule has 20 heavy (non-hydrogen) atoms. The number of primary amides is 1. The van der Waals surface area contributed by atoms with Crippen molar-refractivity contribution in [1.29, 1.82) is 0 Å². The normalized spacial score (nSPS) is 27.5. The Labute approximate surface area is 123 Å². The van der Waals surface area contributed by atoms with Crippen LogP contribution < -0.4 is 11.1 Å². The van der Waals surface area contributed by atoms with E-state index < -0.39 is 5.54 Å². The van der Waals surface area contributed by atoms with Crippen molar-refractivity contribution in [3.63, 3.8) is 0 Å². The number of carbonyl (C=O) groups is 1. The summed E-state index contributed by atoms with van der Waals surface area (Å²) in [6.45, 7) is 6.20. The molecule has 1 aliphatic rings. The molecule has 0 aromatic rings. The fourth-order valence-electron chi connectivity index (χ4n) is 3.14. The maximum absolute atomic E-state index is 12.0. The third-order valence-corrected chi connectivity index (χ3v) is 4.28. The number of likely N-dealkylation sites (N-methyl/N-ethyl adjacent to an activating group) is 2. The van der Waals surface area contributed by atoms with Gasteiger partial charge in [0.15, 0.2) is 0 Å². The minimum Gasteiger partial charge on any atom is -0.368 e. The van der Waals surface area contributed by atoms with Crippen molar-refractivity contribution in [1.82, 2.24) is 15.1 Å². The summed E-state index contributed by atoms with van der Waals surface area (Å²) in [7, 11) is 6.33. The minimum absolute atomic E-state index is 0.197. The zero-order chi connectivity index (χ0) is 15.3. The second kappa shape index (κ2) is 7.38. The average Bonchev–Trinajstić information content (AvgIpc) is 2.35. The highest BCUT2D eigenvalue weighted by molar-refractivity contribution is 5.85. The molecule has 2 unspecified atom stereocenters. The molecule has 1 amide bonds. The Morgan fingerprint density at radius 1 is 1.35 bits per heavy atom. The van der Waals surface area contributed by atoms with Gasteiger partial charge in [0.05, 0.1) is 5.54 Å². The quantitative estimate of drug-likeness (QED) is 0.720. The predicted molar refractivity (Wildman–Crippen MR) is 83.6 cm³/mol. The highest BCUT2D eigenvalue weighted by Gasteiger charge is 2.42. The topological polar surface area (TPSA) is 61.6 Å². The first-order chi connectivity index (χ1) is 9.27. The summed E-state index contributed by atoms with van der Waals surface area (Å²) < 4.78 is 0. The molecular weight excluding hydrogens is 252 g/mol. The first kappa shape index (κ1) is 17.4. The van der Waals surface area contributed by atoms with Gasteiger partial charge < -0.3 is 20.9 Å². The Morgan fingerprint density at radius 3 is 2.50 bits per heavy atom. The van der Waals surface area contributed by atoms with Gasteiger partial charge in [-0.05, 0) is 60.7 Å². The maximum atomic E-state index is 12.0. The molecule has 5 nitrogen and oxygen atoms in total. The standard InChI is InChI=1S/C15H32N4O/c1-12(2)17-15(14(16)20)8-6-7-13(11-15)19(5)10-9-18(3)4/h12-13,17H,6-11H2,1-5H3,(H2,16,20). The van der Waals surface area contributed by atoms with Crippen LogP contribution in [0.15, 0.2) is 0 Å². The Bertz CT molecular complexity index is 319. The second-order valence-electron chi connectivity index (χ2n) is 6.78. The Morgan fingerprint density at radius 2 is 2.00 bits per heavy atom.